The number of hydrogen-bond acceptors (Lipinski definition) is 3. The molecule has 1 fully saturated rings. The van der Waals surface area contributed by atoms with E-state index in [1.165, 1.54) is 0 Å². The molecule has 0 spiro atoms. The summed E-state index contributed by atoms with van der Waals surface area (Å²) >= 11 is 0. The lowest BCUT2D eigenvalue weighted by molar-refractivity contribution is -0.127. The van der Waals surface area contributed by atoms with E-state index in [-0.39, 0.29) is 17.9 Å². The first-order chi connectivity index (χ1) is 7.31. The normalized spacial score (nSPS) is 24.2. The summed E-state index contributed by atoms with van der Waals surface area (Å²) in [5.41, 5.74) is -0.478. The van der Waals surface area contributed by atoms with Gasteiger partial charge in [0.1, 0.15) is 5.60 Å². The standard InChI is InChI=1S/C11H20N2O3/c1-11(2,3)16-10(15)13-8-5-7(6-8)9(14)12-4/h7-8H,5-6H2,1-4H3,(H,12,14)(H,13,15)/t7-,8+. The summed E-state index contributed by atoms with van der Waals surface area (Å²) < 4.78 is 5.12. The van der Waals surface area contributed by atoms with Crippen LogP contribution in [0.1, 0.15) is 33.6 Å². The smallest absolute Gasteiger partial charge is 0.407 e. The number of carbonyl (C=O) groups is 2. The van der Waals surface area contributed by atoms with Crippen molar-refractivity contribution >= 4 is 12.0 Å². The summed E-state index contributed by atoms with van der Waals surface area (Å²) in [6.07, 6.45) is 0.977. The van der Waals surface area contributed by atoms with Gasteiger partial charge in [-0.25, -0.2) is 4.79 Å². The Morgan fingerprint density at radius 2 is 1.81 bits per heavy atom. The molecule has 5 heteroatoms. The molecular weight excluding hydrogens is 208 g/mol. The zero-order valence-corrected chi connectivity index (χ0v) is 10.3. The fourth-order valence-electron chi connectivity index (χ4n) is 1.63. The van der Waals surface area contributed by atoms with Crippen LogP contribution < -0.4 is 10.6 Å². The largest absolute Gasteiger partial charge is 0.444 e. The molecule has 1 aliphatic rings. The molecule has 0 radical (unpaired) electrons. The van der Waals surface area contributed by atoms with Gasteiger partial charge in [0.2, 0.25) is 5.91 Å². The molecule has 0 aromatic carbocycles. The minimum atomic E-state index is -0.478. The molecule has 1 aliphatic carbocycles. The van der Waals surface area contributed by atoms with Gasteiger partial charge in [-0.15, -0.1) is 0 Å². The highest BCUT2D eigenvalue weighted by Crippen LogP contribution is 2.27. The summed E-state index contributed by atoms with van der Waals surface area (Å²) in [7, 11) is 1.62. The van der Waals surface area contributed by atoms with Crippen molar-refractivity contribution in [2.45, 2.75) is 45.3 Å². The molecule has 92 valence electrons. The molecule has 2 N–H and O–H groups in total. The number of hydrogen-bond donors (Lipinski definition) is 2. The first-order valence-corrected chi connectivity index (χ1v) is 5.53. The Labute approximate surface area is 95.9 Å². The zero-order valence-electron chi connectivity index (χ0n) is 10.3. The minimum Gasteiger partial charge on any atom is -0.444 e. The molecule has 0 heterocycles. The second kappa shape index (κ2) is 4.72. The maximum absolute atomic E-state index is 11.4. The summed E-state index contributed by atoms with van der Waals surface area (Å²) in [6, 6.07) is 0.0668. The highest BCUT2D eigenvalue weighted by atomic mass is 16.6. The van der Waals surface area contributed by atoms with Gasteiger partial charge in [0, 0.05) is 19.0 Å². The summed E-state index contributed by atoms with van der Waals surface area (Å²) in [6.45, 7) is 5.46. The van der Waals surface area contributed by atoms with E-state index in [4.69, 9.17) is 4.74 Å². The van der Waals surface area contributed by atoms with Crippen molar-refractivity contribution in [3.63, 3.8) is 0 Å². The van der Waals surface area contributed by atoms with Crippen molar-refractivity contribution in [2.75, 3.05) is 7.05 Å². The van der Waals surface area contributed by atoms with Crippen LogP contribution >= 0.6 is 0 Å². The number of carbonyl (C=O) groups excluding carboxylic acids is 2. The van der Waals surface area contributed by atoms with Crippen LogP contribution in [0, 0.1) is 5.92 Å². The number of nitrogens with one attached hydrogen (secondary N) is 2. The molecule has 0 aromatic rings. The van der Waals surface area contributed by atoms with Crippen LogP contribution in [0.25, 0.3) is 0 Å². The fraction of sp³-hybridized carbons (Fsp3) is 0.818. The number of amides is 2. The predicted molar refractivity (Wildman–Crippen MR) is 59.9 cm³/mol. The van der Waals surface area contributed by atoms with E-state index in [9.17, 15) is 9.59 Å². The quantitative estimate of drug-likeness (QED) is 0.742. The van der Waals surface area contributed by atoms with E-state index in [1.54, 1.807) is 7.05 Å². The number of ether oxygens (including phenoxy) is 1. The number of alkyl carbamates (subject to hydrolysis) is 1. The molecule has 0 saturated heterocycles. The van der Waals surface area contributed by atoms with Crippen molar-refractivity contribution in [3.05, 3.63) is 0 Å². The van der Waals surface area contributed by atoms with Crippen molar-refractivity contribution in [1.29, 1.82) is 0 Å². The van der Waals surface area contributed by atoms with E-state index < -0.39 is 11.7 Å². The van der Waals surface area contributed by atoms with Gasteiger partial charge >= 0.3 is 6.09 Å². The van der Waals surface area contributed by atoms with E-state index in [0.29, 0.717) is 12.8 Å². The Bertz CT molecular complexity index is 277. The molecule has 5 nitrogen and oxygen atoms in total. The van der Waals surface area contributed by atoms with Gasteiger partial charge in [0.05, 0.1) is 0 Å². The maximum Gasteiger partial charge on any atom is 0.407 e. The van der Waals surface area contributed by atoms with Crippen LogP contribution in [0.15, 0.2) is 0 Å². The number of rotatable bonds is 2. The van der Waals surface area contributed by atoms with Gasteiger partial charge in [0.25, 0.3) is 0 Å². The Morgan fingerprint density at radius 3 is 2.25 bits per heavy atom. The average Bonchev–Trinajstić information content (AvgIpc) is 2.06. The van der Waals surface area contributed by atoms with E-state index in [2.05, 4.69) is 10.6 Å². The predicted octanol–water partition coefficient (Wildman–Crippen LogP) is 1.04. The SMILES string of the molecule is CNC(=O)[C@H]1C[C@@H](NC(=O)OC(C)(C)C)C1. The minimum absolute atomic E-state index is 0.0323. The van der Waals surface area contributed by atoms with Gasteiger partial charge in [-0.1, -0.05) is 0 Å². The Balaban J connectivity index is 2.22. The van der Waals surface area contributed by atoms with Crippen LogP contribution in [-0.4, -0.2) is 30.7 Å². The zero-order chi connectivity index (χ0) is 12.3. The van der Waals surface area contributed by atoms with Crippen LogP contribution in [0.2, 0.25) is 0 Å². The average molecular weight is 228 g/mol. The Morgan fingerprint density at radius 1 is 1.25 bits per heavy atom. The van der Waals surface area contributed by atoms with Crippen LogP contribution in [-0.2, 0) is 9.53 Å². The van der Waals surface area contributed by atoms with Gasteiger partial charge in [-0.05, 0) is 33.6 Å². The molecule has 0 aromatic heterocycles. The Hall–Kier alpha value is -1.26. The Kier molecular flexibility index (Phi) is 3.78. The van der Waals surface area contributed by atoms with E-state index in [0.717, 1.165) is 0 Å². The van der Waals surface area contributed by atoms with Crippen molar-refractivity contribution in [1.82, 2.24) is 10.6 Å². The molecule has 1 saturated carbocycles. The van der Waals surface area contributed by atoms with E-state index in [1.807, 2.05) is 20.8 Å². The lowest BCUT2D eigenvalue weighted by Gasteiger charge is -2.34. The van der Waals surface area contributed by atoms with Crippen LogP contribution in [0.5, 0.6) is 0 Å². The van der Waals surface area contributed by atoms with Gasteiger partial charge in [0.15, 0.2) is 0 Å². The second-order valence-corrected chi connectivity index (χ2v) is 5.13. The summed E-state index contributed by atoms with van der Waals surface area (Å²) in [4.78, 5) is 22.6. The maximum atomic E-state index is 11.4. The topological polar surface area (TPSA) is 67.4 Å². The highest BCUT2D eigenvalue weighted by molar-refractivity contribution is 5.79. The highest BCUT2D eigenvalue weighted by Gasteiger charge is 2.35. The van der Waals surface area contributed by atoms with Gasteiger partial charge in [-0.2, -0.15) is 0 Å². The molecule has 1 rings (SSSR count). The molecule has 0 aliphatic heterocycles. The third-order valence-corrected chi connectivity index (χ3v) is 2.48. The molecular formula is C11H20N2O3. The first-order valence-electron chi connectivity index (χ1n) is 5.53. The van der Waals surface area contributed by atoms with Crippen LogP contribution in [0.4, 0.5) is 4.79 Å². The van der Waals surface area contributed by atoms with Gasteiger partial charge < -0.3 is 15.4 Å². The van der Waals surface area contributed by atoms with E-state index >= 15 is 0 Å². The van der Waals surface area contributed by atoms with Crippen molar-refractivity contribution < 1.29 is 14.3 Å². The summed E-state index contributed by atoms with van der Waals surface area (Å²) in [5, 5.41) is 5.34. The fourth-order valence-corrected chi connectivity index (χ4v) is 1.63. The molecule has 0 unspecified atom stereocenters. The lowest BCUT2D eigenvalue weighted by atomic mass is 9.80. The third kappa shape index (κ3) is 3.72. The first kappa shape index (κ1) is 12.8. The molecule has 0 bridgehead atoms. The molecule has 16 heavy (non-hydrogen) atoms. The monoisotopic (exact) mass is 228 g/mol. The van der Waals surface area contributed by atoms with Crippen LogP contribution in [0.3, 0.4) is 0 Å². The third-order valence-electron chi connectivity index (χ3n) is 2.48. The summed E-state index contributed by atoms with van der Waals surface area (Å²) in [5.74, 6) is 0.0761. The second-order valence-electron chi connectivity index (χ2n) is 5.13. The van der Waals surface area contributed by atoms with Crippen molar-refractivity contribution in [2.24, 2.45) is 5.92 Å². The molecule has 0 atom stereocenters. The molecule has 2 amide bonds. The van der Waals surface area contributed by atoms with Crippen molar-refractivity contribution in [3.8, 4) is 0 Å². The lowest BCUT2D eigenvalue weighted by Crippen LogP contribution is -2.49. The van der Waals surface area contributed by atoms with Gasteiger partial charge in [-0.3, -0.25) is 4.79 Å².